The van der Waals surface area contributed by atoms with Crippen LogP contribution in [0.4, 0.5) is 8.78 Å². The monoisotopic (exact) mass is 424 g/mol. The predicted molar refractivity (Wildman–Crippen MR) is 88.6 cm³/mol. The van der Waals surface area contributed by atoms with Crippen LogP contribution in [0.1, 0.15) is 44.9 Å². The van der Waals surface area contributed by atoms with Crippen LogP contribution in [-0.4, -0.2) is 49.2 Å². The van der Waals surface area contributed by atoms with E-state index < -0.39 is 46.1 Å². The molecule has 1 N–H and O–H groups in total. The average molecular weight is 424 g/mol. The Hall–Kier alpha value is -1.62. The van der Waals surface area contributed by atoms with Gasteiger partial charge in [-0.15, -0.1) is 0 Å². The summed E-state index contributed by atoms with van der Waals surface area (Å²) >= 11 is 0. The third kappa shape index (κ3) is 4.35. The number of carbonyl (C=O) groups excluding carboxylic acids is 3. The van der Waals surface area contributed by atoms with Gasteiger partial charge in [0.1, 0.15) is 6.42 Å². The maximum absolute atomic E-state index is 13.0. The van der Waals surface area contributed by atoms with E-state index in [0.717, 1.165) is 19.3 Å². The summed E-state index contributed by atoms with van der Waals surface area (Å²) in [6, 6.07) is 0. The predicted octanol–water partition coefficient (Wildman–Crippen LogP) is 1.73. The molecular formula is C17H22F2O8S. The fourth-order valence-electron chi connectivity index (χ4n) is 5.30. The van der Waals surface area contributed by atoms with Crippen molar-refractivity contribution in [3.05, 3.63) is 0 Å². The molecule has 4 bridgehead atoms. The van der Waals surface area contributed by atoms with Crippen LogP contribution in [0.5, 0.6) is 0 Å². The van der Waals surface area contributed by atoms with Gasteiger partial charge in [0.05, 0.1) is 6.61 Å². The van der Waals surface area contributed by atoms with Gasteiger partial charge < -0.3 is 9.47 Å². The fraction of sp³-hybridized carbons (Fsp3) is 0.824. The Morgan fingerprint density at radius 1 is 1.00 bits per heavy atom. The van der Waals surface area contributed by atoms with Crippen molar-refractivity contribution in [2.75, 3.05) is 13.2 Å². The van der Waals surface area contributed by atoms with Gasteiger partial charge in [0.25, 0.3) is 0 Å². The first-order valence-electron chi connectivity index (χ1n) is 9.10. The minimum Gasteiger partial charge on any atom is -0.465 e. The number of hydrogen-bond acceptors (Lipinski definition) is 7. The van der Waals surface area contributed by atoms with Crippen LogP contribution in [0.3, 0.4) is 0 Å². The van der Waals surface area contributed by atoms with E-state index in [-0.39, 0.29) is 12.0 Å². The van der Waals surface area contributed by atoms with Gasteiger partial charge in [0.15, 0.2) is 12.4 Å². The topological polar surface area (TPSA) is 124 Å². The van der Waals surface area contributed by atoms with Gasteiger partial charge in [0, 0.05) is 5.41 Å². The Balaban J connectivity index is 1.43. The lowest BCUT2D eigenvalue weighted by Crippen LogP contribution is -2.48. The molecule has 0 spiro atoms. The number of halogens is 2. The molecular weight excluding hydrogens is 402 g/mol. The molecule has 4 saturated carbocycles. The standard InChI is InChI=1S/C17H22F2O8S/c18-17(19,28(23,24)25)15(22)26-8-13(20)4-14(21)27-9-16-5-10-1-11(6-16)3-12(2-10)7-16/h10-12H,1-9H2,(H,23,24,25). The number of carbonyl (C=O) groups is 3. The molecule has 0 heterocycles. The van der Waals surface area contributed by atoms with E-state index in [2.05, 4.69) is 4.74 Å². The first-order valence-corrected chi connectivity index (χ1v) is 10.5. The van der Waals surface area contributed by atoms with Crippen LogP contribution >= 0.6 is 0 Å². The Labute approximate surface area is 160 Å². The molecule has 0 saturated heterocycles. The molecule has 4 aliphatic rings. The molecule has 0 atom stereocenters. The van der Waals surface area contributed by atoms with Gasteiger partial charge in [-0.2, -0.15) is 17.2 Å². The largest absolute Gasteiger partial charge is 0.465 e. The average Bonchev–Trinajstić information content (AvgIpc) is 2.55. The highest BCUT2D eigenvalue weighted by atomic mass is 32.2. The van der Waals surface area contributed by atoms with E-state index >= 15 is 0 Å². The number of rotatable bonds is 8. The minimum absolute atomic E-state index is 0.0442. The maximum atomic E-state index is 13.0. The Bertz CT molecular complexity index is 741. The first kappa shape index (κ1) is 21.1. The van der Waals surface area contributed by atoms with Gasteiger partial charge in [-0.3, -0.25) is 14.1 Å². The first-order chi connectivity index (χ1) is 12.9. The highest BCUT2D eigenvalue weighted by Crippen LogP contribution is 2.60. The summed E-state index contributed by atoms with van der Waals surface area (Å²) in [6.45, 7) is -1.01. The van der Waals surface area contributed by atoms with Crippen molar-refractivity contribution in [2.45, 2.75) is 50.2 Å². The molecule has 4 aliphatic carbocycles. The highest BCUT2D eigenvalue weighted by Gasteiger charge is 2.54. The van der Waals surface area contributed by atoms with E-state index in [4.69, 9.17) is 9.29 Å². The van der Waals surface area contributed by atoms with Crippen molar-refractivity contribution in [1.29, 1.82) is 0 Å². The van der Waals surface area contributed by atoms with Crippen LogP contribution in [0.2, 0.25) is 0 Å². The Kier molecular flexibility index (Phi) is 5.52. The van der Waals surface area contributed by atoms with Crippen LogP contribution < -0.4 is 0 Å². The zero-order valence-electron chi connectivity index (χ0n) is 15.1. The summed E-state index contributed by atoms with van der Waals surface area (Å²) in [5.74, 6) is -2.47. The summed E-state index contributed by atoms with van der Waals surface area (Å²) in [5.41, 5.74) is -0.0442. The smallest absolute Gasteiger partial charge is 0.465 e. The van der Waals surface area contributed by atoms with Crippen molar-refractivity contribution in [1.82, 2.24) is 0 Å². The summed E-state index contributed by atoms with van der Waals surface area (Å²) in [7, 11) is -6.01. The molecule has 0 unspecified atom stereocenters. The maximum Gasteiger partial charge on any atom is 0.465 e. The SMILES string of the molecule is O=C(COC(=O)C(F)(F)S(=O)(=O)O)CC(=O)OCC12CC3CC(CC(C3)C1)C2. The van der Waals surface area contributed by atoms with E-state index in [1.165, 1.54) is 19.3 Å². The quantitative estimate of drug-likeness (QED) is 0.355. The molecule has 11 heteroatoms. The fourth-order valence-corrected chi connectivity index (χ4v) is 5.57. The van der Waals surface area contributed by atoms with Crippen LogP contribution in [-0.2, 0) is 34.0 Å². The summed E-state index contributed by atoms with van der Waals surface area (Å²) in [5, 5.41) is -5.19. The van der Waals surface area contributed by atoms with Gasteiger partial charge in [-0.05, 0) is 56.3 Å². The number of ether oxygens (including phenoxy) is 2. The molecule has 0 aromatic heterocycles. The Morgan fingerprint density at radius 2 is 1.50 bits per heavy atom. The second-order valence-corrected chi connectivity index (χ2v) is 9.82. The summed E-state index contributed by atoms with van der Waals surface area (Å²) in [4.78, 5) is 34.5. The van der Waals surface area contributed by atoms with Crippen LogP contribution in [0, 0.1) is 23.2 Å². The van der Waals surface area contributed by atoms with Gasteiger partial charge in [-0.1, -0.05) is 0 Å². The number of Topliss-reactive ketones (excluding diaryl/α,β-unsaturated/α-hetero) is 1. The molecule has 0 aliphatic heterocycles. The molecule has 4 rings (SSSR count). The van der Waals surface area contributed by atoms with E-state index in [9.17, 15) is 31.6 Å². The second-order valence-electron chi connectivity index (χ2n) is 8.36. The van der Waals surface area contributed by atoms with Crippen LogP contribution in [0.25, 0.3) is 0 Å². The van der Waals surface area contributed by atoms with Gasteiger partial charge >= 0.3 is 27.3 Å². The molecule has 0 radical (unpaired) electrons. The van der Waals surface area contributed by atoms with E-state index in [1.54, 1.807) is 0 Å². The van der Waals surface area contributed by atoms with Crippen molar-refractivity contribution >= 4 is 27.8 Å². The lowest BCUT2D eigenvalue weighted by Gasteiger charge is -2.56. The molecule has 0 amide bonds. The summed E-state index contributed by atoms with van der Waals surface area (Å²) in [6.07, 6.45) is 5.91. The van der Waals surface area contributed by atoms with E-state index in [1.807, 2.05) is 0 Å². The number of alkyl halides is 2. The second kappa shape index (κ2) is 7.33. The lowest BCUT2D eigenvalue weighted by atomic mass is 9.50. The van der Waals surface area contributed by atoms with Crippen molar-refractivity contribution in [2.24, 2.45) is 23.2 Å². The number of esters is 2. The molecule has 0 aromatic rings. The highest BCUT2D eigenvalue weighted by molar-refractivity contribution is 7.87. The van der Waals surface area contributed by atoms with Crippen molar-refractivity contribution < 1.29 is 45.6 Å². The number of hydrogen-bond donors (Lipinski definition) is 1. The third-order valence-electron chi connectivity index (χ3n) is 5.97. The minimum atomic E-state index is -6.01. The zero-order chi connectivity index (χ0) is 20.7. The normalized spacial score (nSPS) is 31.5. The Morgan fingerprint density at radius 3 is 1.96 bits per heavy atom. The molecule has 0 aromatic carbocycles. The van der Waals surface area contributed by atoms with Crippen LogP contribution in [0.15, 0.2) is 0 Å². The molecule has 28 heavy (non-hydrogen) atoms. The van der Waals surface area contributed by atoms with Crippen molar-refractivity contribution in [3.63, 3.8) is 0 Å². The molecule has 8 nitrogen and oxygen atoms in total. The lowest BCUT2D eigenvalue weighted by molar-refractivity contribution is -0.165. The molecule has 158 valence electrons. The van der Waals surface area contributed by atoms with Gasteiger partial charge in [0.2, 0.25) is 0 Å². The van der Waals surface area contributed by atoms with E-state index in [0.29, 0.717) is 17.8 Å². The van der Waals surface area contributed by atoms with Gasteiger partial charge in [-0.25, -0.2) is 4.79 Å². The summed E-state index contributed by atoms with van der Waals surface area (Å²) < 4.78 is 64.2. The zero-order valence-corrected chi connectivity index (χ0v) is 15.9. The third-order valence-corrected chi connectivity index (χ3v) is 6.79. The van der Waals surface area contributed by atoms with Crippen molar-refractivity contribution in [3.8, 4) is 0 Å². The number of ketones is 1. The molecule has 4 fully saturated rings.